The number of hydrogen-bond acceptors (Lipinski definition) is 3. The van der Waals surface area contributed by atoms with Crippen molar-refractivity contribution in [2.75, 3.05) is 5.32 Å². The van der Waals surface area contributed by atoms with Gasteiger partial charge in [-0.25, -0.2) is 0 Å². The molecule has 0 radical (unpaired) electrons. The van der Waals surface area contributed by atoms with Gasteiger partial charge in [0.25, 0.3) is 5.91 Å². The summed E-state index contributed by atoms with van der Waals surface area (Å²) in [4.78, 5) is 11.5. The first kappa shape index (κ1) is 13.7. The zero-order valence-corrected chi connectivity index (χ0v) is 12.0. The van der Waals surface area contributed by atoms with E-state index in [4.69, 9.17) is 10.4 Å². The van der Waals surface area contributed by atoms with Crippen molar-refractivity contribution in [2.24, 2.45) is 0 Å². The number of hydrogen-bond donors (Lipinski definition) is 2. The number of carbonyl (C=O) groups excluding carboxylic acids is 1. The number of nitriles is 1. The van der Waals surface area contributed by atoms with Gasteiger partial charge in [-0.3, -0.25) is 4.79 Å². The van der Waals surface area contributed by atoms with Gasteiger partial charge in [-0.15, -0.1) is 0 Å². The van der Waals surface area contributed by atoms with Gasteiger partial charge in [0.05, 0.1) is 5.69 Å². The third-order valence-electron chi connectivity index (χ3n) is 1.99. The number of carbonyl (C=O) groups is 1. The van der Waals surface area contributed by atoms with Gasteiger partial charge in [-0.2, -0.15) is 5.26 Å². The Morgan fingerprint density at radius 2 is 2.12 bits per heavy atom. The molecule has 0 aliphatic carbocycles. The summed E-state index contributed by atoms with van der Waals surface area (Å²) >= 11 is 6.64. The third kappa shape index (κ3) is 3.32. The van der Waals surface area contributed by atoms with Crippen LogP contribution >= 0.6 is 31.9 Å². The average Bonchev–Trinajstić information content (AvgIpc) is 2.27. The molecule has 1 rings (SSSR count). The second-order valence-electron chi connectivity index (χ2n) is 3.19. The van der Waals surface area contributed by atoms with Crippen molar-refractivity contribution in [3.8, 4) is 6.07 Å². The molecule has 4 nitrogen and oxygen atoms in total. The first-order chi connectivity index (χ1) is 7.99. The quantitative estimate of drug-likeness (QED) is 0.482. The van der Waals surface area contributed by atoms with Crippen molar-refractivity contribution in [3.05, 3.63) is 38.5 Å². The second-order valence-corrected chi connectivity index (χ2v) is 4.90. The van der Waals surface area contributed by atoms with Crippen LogP contribution in [0.3, 0.4) is 0 Å². The summed E-state index contributed by atoms with van der Waals surface area (Å²) in [6.45, 7) is 1.91. The van der Waals surface area contributed by atoms with E-state index in [-0.39, 0.29) is 5.57 Å². The van der Waals surface area contributed by atoms with E-state index in [0.717, 1.165) is 10.0 Å². The van der Waals surface area contributed by atoms with E-state index < -0.39 is 5.91 Å². The maximum Gasteiger partial charge on any atom is 0.269 e. The minimum Gasteiger partial charge on any atom is -0.514 e. The second kappa shape index (κ2) is 5.84. The number of halogens is 2. The smallest absolute Gasteiger partial charge is 0.269 e. The highest BCUT2D eigenvalue weighted by Gasteiger charge is 2.12. The number of amides is 1. The van der Waals surface area contributed by atoms with Gasteiger partial charge in [0.15, 0.2) is 5.57 Å². The lowest BCUT2D eigenvalue weighted by atomic mass is 10.2. The van der Waals surface area contributed by atoms with Gasteiger partial charge in [0.1, 0.15) is 12.3 Å². The summed E-state index contributed by atoms with van der Waals surface area (Å²) in [7, 11) is 0. The number of aliphatic hydroxyl groups excluding tert-OH is 1. The minimum absolute atomic E-state index is 0.353. The fourth-order valence-corrected chi connectivity index (χ4v) is 1.97. The first-order valence-corrected chi connectivity index (χ1v) is 6.09. The molecule has 0 fully saturated rings. The molecule has 88 valence electrons. The van der Waals surface area contributed by atoms with Crippen LogP contribution in [-0.2, 0) is 4.79 Å². The van der Waals surface area contributed by atoms with E-state index in [2.05, 4.69) is 37.2 Å². The molecule has 1 aromatic rings. The van der Waals surface area contributed by atoms with Crippen LogP contribution in [0, 0.1) is 18.3 Å². The molecule has 0 spiro atoms. The summed E-state index contributed by atoms with van der Waals surface area (Å²) in [6.07, 6.45) is 0.479. The number of benzene rings is 1. The molecule has 1 aromatic carbocycles. The molecule has 0 aromatic heterocycles. The van der Waals surface area contributed by atoms with E-state index in [1.807, 2.05) is 13.0 Å². The molecular formula is C11H8Br2N2O2. The summed E-state index contributed by atoms with van der Waals surface area (Å²) in [6, 6.07) is 5.13. The van der Waals surface area contributed by atoms with Crippen molar-refractivity contribution in [3.63, 3.8) is 0 Å². The predicted octanol–water partition coefficient (Wildman–Crippen LogP) is 3.42. The molecule has 0 saturated carbocycles. The van der Waals surface area contributed by atoms with Crippen LogP contribution in [0.5, 0.6) is 0 Å². The van der Waals surface area contributed by atoms with Crippen molar-refractivity contribution in [2.45, 2.75) is 6.92 Å². The van der Waals surface area contributed by atoms with Gasteiger partial charge in [0, 0.05) is 8.95 Å². The number of aliphatic hydroxyl groups is 1. The van der Waals surface area contributed by atoms with Crippen LogP contribution < -0.4 is 5.32 Å². The Balaban J connectivity index is 3.02. The first-order valence-electron chi connectivity index (χ1n) is 4.51. The van der Waals surface area contributed by atoms with E-state index >= 15 is 0 Å². The van der Waals surface area contributed by atoms with Gasteiger partial charge >= 0.3 is 0 Å². The number of nitrogens with zero attached hydrogens (tertiary/aromatic N) is 1. The lowest BCUT2D eigenvalue weighted by molar-refractivity contribution is -0.112. The van der Waals surface area contributed by atoms with Crippen molar-refractivity contribution < 1.29 is 9.90 Å². The Hall–Kier alpha value is -1.32. The Kier molecular flexibility index (Phi) is 4.73. The van der Waals surface area contributed by atoms with Crippen LogP contribution in [0.25, 0.3) is 0 Å². The Morgan fingerprint density at radius 3 is 2.65 bits per heavy atom. The van der Waals surface area contributed by atoms with Crippen molar-refractivity contribution in [1.82, 2.24) is 0 Å². The topological polar surface area (TPSA) is 73.1 Å². The summed E-state index contributed by atoms with van der Waals surface area (Å²) in [5.41, 5.74) is 1.17. The molecule has 1 amide bonds. The number of aryl methyl sites for hydroxylation is 1. The zero-order chi connectivity index (χ0) is 13.0. The number of nitrogens with one attached hydrogen (secondary N) is 1. The van der Waals surface area contributed by atoms with Crippen LogP contribution in [0.4, 0.5) is 5.69 Å². The molecule has 0 unspecified atom stereocenters. The largest absolute Gasteiger partial charge is 0.514 e. The molecule has 0 aliphatic rings. The molecule has 2 N–H and O–H groups in total. The van der Waals surface area contributed by atoms with E-state index in [0.29, 0.717) is 16.4 Å². The van der Waals surface area contributed by atoms with E-state index in [9.17, 15) is 4.79 Å². The summed E-state index contributed by atoms with van der Waals surface area (Å²) in [5.74, 6) is -0.661. The van der Waals surface area contributed by atoms with E-state index in [1.54, 1.807) is 12.1 Å². The van der Waals surface area contributed by atoms with Crippen molar-refractivity contribution in [1.29, 1.82) is 5.26 Å². The fourth-order valence-electron chi connectivity index (χ4n) is 1.07. The standard InChI is InChI=1S/C11H8Br2N2O2/c1-6-2-9(13)10(3-8(6)12)15-11(17)7(4-14)5-16/h2-3,5,16H,1H3,(H,15,17). The highest BCUT2D eigenvalue weighted by atomic mass is 79.9. The molecule has 0 bridgehead atoms. The molecule has 0 aliphatic heterocycles. The molecule has 0 saturated heterocycles. The summed E-state index contributed by atoms with van der Waals surface area (Å²) < 4.78 is 1.53. The van der Waals surface area contributed by atoms with Crippen LogP contribution in [-0.4, -0.2) is 11.0 Å². The Morgan fingerprint density at radius 1 is 1.47 bits per heavy atom. The maximum atomic E-state index is 11.5. The number of anilines is 1. The van der Waals surface area contributed by atoms with Crippen LogP contribution in [0.15, 0.2) is 32.9 Å². The minimum atomic E-state index is -0.661. The maximum absolute atomic E-state index is 11.5. The lowest BCUT2D eigenvalue weighted by Gasteiger charge is -2.08. The molecule has 0 heterocycles. The van der Waals surface area contributed by atoms with Gasteiger partial charge < -0.3 is 10.4 Å². The number of rotatable bonds is 2. The Bertz CT molecular complexity index is 533. The molecular weight excluding hydrogens is 352 g/mol. The fraction of sp³-hybridized carbons (Fsp3) is 0.0909. The molecule has 0 atom stereocenters. The third-order valence-corrected chi connectivity index (χ3v) is 3.50. The lowest BCUT2D eigenvalue weighted by Crippen LogP contribution is -2.14. The Labute approximate surface area is 115 Å². The average molecular weight is 360 g/mol. The highest BCUT2D eigenvalue weighted by molar-refractivity contribution is 9.11. The SMILES string of the molecule is Cc1cc(Br)c(NC(=O)C(C#N)=CO)cc1Br. The van der Waals surface area contributed by atoms with Gasteiger partial charge in [0.2, 0.25) is 0 Å². The molecule has 6 heteroatoms. The predicted molar refractivity (Wildman–Crippen MR) is 71.5 cm³/mol. The van der Waals surface area contributed by atoms with Crippen LogP contribution in [0.2, 0.25) is 0 Å². The normalized spacial score (nSPS) is 10.8. The van der Waals surface area contributed by atoms with Crippen LogP contribution in [0.1, 0.15) is 5.56 Å². The zero-order valence-electron chi connectivity index (χ0n) is 8.79. The highest BCUT2D eigenvalue weighted by Crippen LogP contribution is 2.29. The monoisotopic (exact) mass is 358 g/mol. The molecule has 17 heavy (non-hydrogen) atoms. The van der Waals surface area contributed by atoms with E-state index in [1.165, 1.54) is 0 Å². The summed E-state index contributed by atoms with van der Waals surface area (Å²) in [5, 5.41) is 19.8. The van der Waals surface area contributed by atoms with Crippen molar-refractivity contribution >= 4 is 43.5 Å². The van der Waals surface area contributed by atoms with Gasteiger partial charge in [-0.1, -0.05) is 15.9 Å². The van der Waals surface area contributed by atoms with Gasteiger partial charge in [-0.05, 0) is 40.5 Å².